The minimum Gasteiger partial charge on any atom is -0.310 e. The van der Waals surface area contributed by atoms with Gasteiger partial charge < -0.3 is 5.32 Å². The summed E-state index contributed by atoms with van der Waals surface area (Å²) in [5, 5.41) is 4.34. The maximum atomic E-state index is 5.94. The van der Waals surface area contributed by atoms with Gasteiger partial charge in [-0.1, -0.05) is 30.2 Å². The first-order valence-electron chi connectivity index (χ1n) is 4.85. The molecule has 0 bridgehead atoms. The van der Waals surface area contributed by atoms with Gasteiger partial charge in [0.2, 0.25) is 0 Å². The van der Waals surface area contributed by atoms with Gasteiger partial charge >= 0.3 is 0 Å². The Morgan fingerprint density at radius 2 is 2.23 bits per heavy atom. The molecule has 70 valence electrons. The second-order valence-electron chi connectivity index (χ2n) is 3.56. The molecule has 0 aromatic heterocycles. The molecule has 1 fully saturated rings. The highest BCUT2D eigenvalue weighted by molar-refractivity contribution is 6.30. The summed E-state index contributed by atoms with van der Waals surface area (Å²) in [7, 11) is 0. The van der Waals surface area contributed by atoms with E-state index in [-0.39, 0.29) is 0 Å². The van der Waals surface area contributed by atoms with E-state index in [1.54, 1.807) is 0 Å². The summed E-state index contributed by atoms with van der Waals surface area (Å²) >= 11 is 5.94. The van der Waals surface area contributed by atoms with Crippen LogP contribution in [-0.2, 0) is 0 Å². The van der Waals surface area contributed by atoms with Crippen LogP contribution in [0, 0.1) is 0 Å². The number of nitrogens with one attached hydrogen (secondary N) is 1. The fraction of sp³-hybridized carbons (Fsp3) is 0.455. The van der Waals surface area contributed by atoms with E-state index in [2.05, 4.69) is 17.4 Å². The van der Waals surface area contributed by atoms with E-state index in [9.17, 15) is 0 Å². The van der Waals surface area contributed by atoms with Gasteiger partial charge in [-0.05, 0) is 37.1 Å². The monoisotopic (exact) mass is 195 g/mol. The summed E-state index contributed by atoms with van der Waals surface area (Å²) in [6.07, 6.45) is 3.86. The van der Waals surface area contributed by atoms with Crippen molar-refractivity contribution in [3.05, 3.63) is 34.9 Å². The molecule has 1 aliphatic heterocycles. The predicted octanol–water partition coefficient (Wildman–Crippen LogP) is 3.15. The van der Waals surface area contributed by atoms with Crippen molar-refractivity contribution in [2.24, 2.45) is 0 Å². The van der Waals surface area contributed by atoms with Crippen molar-refractivity contribution in [3.8, 4) is 0 Å². The average molecular weight is 196 g/mol. The second-order valence-corrected chi connectivity index (χ2v) is 3.99. The fourth-order valence-corrected chi connectivity index (χ4v) is 2.06. The highest BCUT2D eigenvalue weighted by Gasteiger charge is 2.13. The predicted molar refractivity (Wildman–Crippen MR) is 56.0 cm³/mol. The lowest BCUT2D eigenvalue weighted by Crippen LogP contribution is -2.26. The first-order chi connectivity index (χ1) is 6.36. The number of halogens is 1. The molecule has 0 amide bonds. The zero-order valence-electron chi connectivity index (χ0n) is 7.59. The third-order valence-electron chi connectivity index (χ3n) is 2.56. The molecule has 1 aromatic carbocycles. The van der Waals surface area contributed by atoms with Crippen LogP contribution in [0.5, 0.6) is 0 Å². The van der Waals surface area contributed by atoms with Gasteiger partial charge in [0.05, 0.1) is 0 Å². The van der Waals surface area contributed by atoms with Crippen LogP contribution in [0.1, 0.15) is 30.9 Å². The quantitative estimate of drug-likeness (QED) is 0.726. The first kappa shape index (κ1) is 9.04. The lowest BCUT2D eigenvalue weighted by atomic mass is 9.98. The van der Waals surface area contributed by atoms with Gasteiger partial charge in [-0.2, -0.15) is 0 Å². The highest BCUT2D eigenvalue weighted by atomic mass is 35.5. The molecule has 1 atom stereocenters. The van der Waals surface area contributed by atoms with E-state index in [0.717, 1.165) is 11.6 Å². The van der Waals surface area contributed by atoms with Crippen LogP contribution in [0.3, 0.4) is 0 Å². The van der Waals surface area contributed by atoms with E-state index < -0.39 is 0 Å². The van der Waals surface area contributed by atoms with Gasteiger partial charge in [0.15, 0.2) is 0 Å². The van der Waals surface area contributed by atoms with Crippen LogP contribution in [0.4, 0.5) is 0 Å². The third-order valence-corrected chi connectivity index (χ3v) is 2.80. The number of hydrogen-bond donors (Lipinski definition) is 1. The largest absolute Gasteiger partial charge is 0.310 e. The van der Waals surface area contributed by atoms with Crippen LogP contribution in [-0.4, -0.2) is 6.54 Å². The zero-order valence-corrected chi connectivity index (χ0v) is 8.35. The molecule has 0 radical (unpaired) electrons. The van der Waals surface area contributed by atoms with Crippen LogP contribution >= 0.6 is 11.6 Å². The van der Waals surface area contributed by atoms with Crippen LogP contribution in [0.15, 0.2) is 24.3 Å². The molecule has 2 heteroatoms. The van der Waals surface area contributed by atoms with E-state index >= 15 is 0 Å². The molecular formula is C11H14ClN. The Morgan fingerprint density at radius 1 is 1.31 bits per heavy atom. The summed E-state index contributed by atoms with van der Waals surface area (Å²) in [5.41, 5.74) is 1.33. The van der Waals surface area contributed by atoms with Crippen molar-refractivity contribution in [2.75, 3.05) is 6.54 Å². The molecule has 1 aromatic rings. The van der Waals surface area contributed by atoms with Crippen molar-refractivity contribution in [1.29, 1.82) is 0 Å². The Hall–Kier alpha value is -0.530. The van der Waals surface area contributed by atoms with Crippen molar-refractivity contribution >= 4 is 11.6 Å². The van der Waals surface area contributed by atoms with Gasteiger partial charge in [0, 0.05) is 11.1 Å². The van der Waals surface area contributed by atoms with Gasteiger partial charge in [-0.3, -0.25) is 0 Å². The van der Waals surface area contributed by atoms with E-state index in [1.165, 1.54) is 24.8 Å². The molecule has 0 spiro atoms. The SMILES string of the molecule is Clc1cccc([C@@H]2CCCCN2)c1. The minimum atomic E-state index is 0.521. The van der Waals surface area contributed by atoms with Crippen LogP contribution in [0.2, 0.25) is 5.02 Å². The van der Waals surface area contributed by atoms with E-state index in [4.69, 9.17) is 11.6 Å². The lowest BCUT2D eigenvalue weighted by molar-refractivity contribution is 0.412. The molecule has 1 heterocycles. The highest BCUT2D eigenvalue weighted by Crippen LogP contribution is 2.24. The number of hydrogen-bond acceptors (Lipinski definition) is 1. The number of rotatable bonds is 1. The first-order valence-corrected chi connectivity index (χ1v) is 5.23. The maximum Gasteiger partial charge on any atom is 0.0409 e. The maximum absolute atomic E-state index is 5.94. The fourth-order valence-electron chi connectivity index (χ4n) is 1.86. The molecule has 1 aliphatic rings. The molecule has 2 rings (SSSR count). The Kier molecular flexibility index (Phi) is 2.87. The Bertz CT molecular complexity index is 279. The van der Waals surface area contributed by atoms with Gasteiger partial charge in [0.1, 0.15) is 0 Å². The molecule has 0 unspecified atom stereocenters. The van der Waals surface area contributed by atoms with E-state index in [1.807, 2.05) is 12.1 Å². The average Bonchev–Trinajstić information content (AvgIpc) is 2.19. The number of benzene rings is 1. The number of piperidine rings is 1. The molecule has 1 saturated heterocycles. The normalized spacial score (nSPS) is 23.0. The Balaban J connectivity index is 2.14. The Morgan fingerprint density at radius 3 is 2.92 bits per heavy atom. The lowest BCUT2D eigenvalue weighted by Gasteiger charge is -2.23. The van der Waals surface area contributed by atoms with E-state index in [0.29, 0.717) is 6.04 Å². The molecule has 1 N–H and O–H groups in total. The summed E-state index contributed by atoms with van der Waals surface area (Å²) in [6.45, 7) is 1.14. The van der Waals surface area contributed by atoms with Gasteiger partial charge in [0.25, 0.3) is 0 Å². The molecular weight excluding hydrogens is 182 g/mol. The molecule has 0 saturated carbocycles. The van der Waals surface area contributed by atoms with Crippen molar-refractivity contribution in [2.45, 2.75) is 25.3 Å². The zero-order chi connectivity index (χ0) is 9.10. The second kappa shape index (κ2) is 4.12. The van der Waals surface area contributed by atoms with Crippen LogP contribution in [0.25, 0.3) is 0 Å². The summed E-state index contributed by atoms with van der Waals surface area (Å²) in [6, 6.07) is 8.67. The third kappa shape index (κ3) is 2.23. The molecule has 0 aliphatic carbocycles. The summed E-state index contributed by atoms with van der Waals surface area (Å²) in [5.74, 6) is 0. The standard InChI is InChI=1S/C11H14ClN/c12-10-5-3-4-9(8-10)11-6-1-2-7-13-11/h3-5,8,11,13H,1-2,6-7H2/t11-/m0/s1. The van der Waals surface area contributed by atoms with Crippen molar-refractivity contribution < 1.29 is 0 Å². The summed E-state index contributed by atoms with van der Waals surface area (Å²) < 4.78 is 0. The minimum absolute atomic E-state index is 0.521. The van der Waals surface area contributed by atoms with Crippen LogP contribution < -0.4 is 5.32 Å². The topological polar surface area (TPSA) is 12.0 Å². The molecule has 13 heavy (non-hydrogen) atoms. The smallest absolute Gasteiger partial charge is 0.0409 e. The summed E-state index contributed by atoms with van der Waals surface area (Å²) in [4.78, 5) is 0. The van der Waals surface area contributed by atoms with Gasteiger partial charge in [-0.25, -0.2) is 0 Å². The van der Waals surface area contributed by atoms with Crippen molar-refractivity contribution in [1.82, 2.24) is 5.32 Å². The Labute approximate surface area is 84.1 Å². The van der Waals surface area contributed by atoms with Gasteiger partial charge in [-0.15, -0.1) is 0 Å². The molecule has 1 nitrogen and oxygen atoms in total. The van der Waals surface area contributed by atoms with Crippen molar-refractivity contribution in [3.63, 3.8) is 0 Å².